The maximum absolute atomic E-state index is 5.95. The van der Waals surface area contributed by atoms with Crippen LogP contribution >= 0.6 is 11.6 Å². The van der Waals surface area contributed by atoms with Crippen molar-refractivity contribution in [2.45, 2.75) is 45.2 Å². The van der Waals surface area contributed by atoms with Crippen LogP contribution in [0, 0.1) is 5.92 Å². The second-order valence-electron chi connectivity index (χ2n) is 4.81. The maximum atomic E-state index is 5.95. The van der Waals surface area contributed by atoms with Gasteiger partial charge in [0.05, 0.1) is 12.7 Å². The Balaban J connectivity index is 1.89. The fraction of sp³-hybridized carbons (Fsp3) is 0.750. The minimum atomic E-state index is 0.643. The molecule has 4 heteroatoms. The van der Waals surface area contributed by atoms with Crippen molar-refractivity contribution in [2.75, 3.05) is 0 Å². The van der Waals surface area contributed by atoms with Gasteiger partial charge in [0.25, 0.3) is 0 Å². The fourth-order valence-corrected chi connectivity index (χ4v) is 2.58. The van der Waals surface area contributed by atoms with E-state index in [2.05, 4.69) is 17.2 Å². The van der Waals surface area contributed by atoms with Crippen molar-refractivity contribution in [3.05, 3.63) is 17.2 Å². The molecule has 2 rings (SSSR count). The largest absolute Gasteiger partial charge is 0.321 e. The summed E-state index contributed by atoms with van der Waals surface area (Å²) in [5.41, 5.74) is 0. The van der Waals surface area contributed by atoms with E-state index >= 15 is 0 Å². The van der Waals surface area contributed by atoms with E-state index < -0.39 is 0 Å². The Morgan fingerprint density at radius 1 is 1.50 bits per heavy atom. The third-order valence-electron chi connectivity index (χ3n) is 3.66. The second-order valence-corrected chi connectivity index (χ2v) is 5.19. The standard InChI is InChI=1S/C12H20ClN3/c1-9-5-3-4-6-10(9)14-8-12-15-7-11(13)16(12)2/h7,9-10,14H,3-6,8H2,1-2H3. The monoisotopic (exact) mass is 241 g/mol. The number of nitrogens with one attached hydrogen (secondary N) is 1. The molecule has 1 aromatic rings. The summed E-state index contributed by atoms with van der Waals surface area (Å²) in [7, 11) is 1.96. The average molecular weight is 242 g/mol. The fourth-order valence-electron chi connectivity index (χ4n) is 2.43. The molecule has 1 aliphatic carbocycles. The first-order valence-corrected chi connectivity index (χ1v) is 6.45. The Bertz CT molecular complexity index is 348. The predicted molar refractivity (Wildman–Crippen MR) is 66.5 cm³/mol. The van der Waals surface area contributed by atoms with Crippen molar-refractivity contribution in [2.24, 2.45) is 13.0 Å². The van der Waals surface area contributed by atoms with Crippen molar-refractivity contribution in [1.82, 2.24) is 14.9 Å². The third kappa shape index (κ3) is 2.58. The Kier molecular flexibility index (Phi) is 3.87. The molecule has 0 aromatic carbocycles. The molecule has 16 heavy (non-hydrogen) atoms. The van der Waals surface area contributed by atoms with Crippen molar-refractivity contribution in [3.8, 4) is 0 Å². The maximum Gasteiger partial charge on any atom is 0.128 e. The zero-order valence-electron chi connectivity index (χ0n) is 10.0. The number of rotatable bonds is 3. The molecular weight excluding hydrogens is 222 g/mol. The zero-order chi connectivity index (χ0) is 11.5. The van der Waals surface area contributed by atoms with Gasteiger partial charge in [0, 0.05) is 13.1 Å². The topological polar surface area (TPSA) is 29.9 Å². The summed E-state index contributed by atoms with van der Waals surface area (Å²) >= 11 is 5.95. The molecule has 2 unspecified atom stereocenters. The van der Waals surface area contributed by atoms with Crippen LogP contribution in [0.2, 0.25) is 5.15 Å². The molecule has 1 heterocycles. The molecular formula is C12H20ClN3. The highest BCUT2D eigenvalue weighted by Crippen LogP contribution is 2.24. The zero-order valence-corrected chi connectivity index (χ0v) is 10.8. The van der Waals surface area contributed by atoms with E-state index in [9.17, 15) is 0 Å². The van der Waals surface area contributed by atoms with Crippen molar-refractivity contribution < 1.29 is 0 Å². The van der Waals surface area contributed by atoms with E-state index in [0.29, 0.717) is 11.2 Å². The Hall–Kier alpha value is -0.540. The lowest BCUT2D eigenvalue weighted by Gasteiger charge is -2.29. The lowest BCUT2D eigenvalue weighted by Crippen LogP contribution is -2.37. The Morgan fingerprint density at radius 3 is 2.88 bits per heavy atom. The van der Waals surface area contributed by atoms with Crippen LogP contribution < -0.4 is 5.32 Å². The molecule has 1 aromatic heterocycles. The van der Waals surface area contributed by atoms with Crippen LogP contribution in [-0.2, 0) is 13.6 Å². The highest BCUT2D eigenvalue weighted by atomic mass is 35.5. The minimum absolute atomic E-state index is 0.643. The van der Waals surface area contributed by atoms with Gasteiger partial charge in [-0.25, -0.2) is 4.98 Å². The normalized spacial score (nSPS) is 25.9. The molecule has 2 atom stereocenters. The molecule has 3 nitrogen and oxygen atoms in total. The molecule has 0 amide bonds. The van der Waals surface area contributed by atoms with Gasteiger partial charge in [-0.05, 0) is 18.8 Å². The van der Waals surface area contributed by atoms with Crippen LogP contribution in [0.1, 0.15) is 38.4 Å². The van der Waals surface area contributed by atoms with E-state index in [4.69, 9.17) is 11.6 Å². The quantitative estimate of drug-likeness (QED) is 0.882. The lowest BCUT2D eigenvalue weighted by atomic mass is 9.86. The van der Waals surface area contributed by atoms with E-state index in [0.717, 1.165) is 18.3 Å². The molecule has 90 valence electrons. The number of aromatic nitrogens is 2. The molecule has 0 saturated heterocycles. The summed E-state index contributed by atoms with van der Waals surface area (Å²) in [6.45, 7) is 3.15. The van der Waals surface area contributed by atoms with Gasteiger partial charge in [-0.15, -0.1) is 0 Å². The summed E-state index contributed by atoms with van der Waals surface area (Å²) in [6.07, 6.45) is 7.08. The highest BCUT2D eigenvalue weighted by molar-refractivity contribution is 6.29. The molecule has 0 aliphatic heterocycles. The Morgan fingerprint density at radius 2 is 2.25 bits per heavy atom. The smallest absolute Gasteiger partial charge is 0.128 e. The van der Waals surface area contributed by atoms with Crippen molar-refractivity contribution in [3.63, 3.8) is 0 Å². The SMILES string of the molecule is CC1CCCCC1NCc1ncc(Cl)n1C. The summed E-state index contributed by atoms with van der Waals surface area (Å²) in [5, 5.41) is 4.30. The van der Waals surface area contributed by atoms with Crippen LogP contribution in [0.25, 0.3) is 0 Å². The number of nitrogens with zero attached hydrogens (tertiary/aromatic N) is 2. The van der Waals surface area contributed by atoms with Crippen molar-refractivity contribution in [1.29, 1.82) is 0 Å². The van der Waals surface area contributed by atoms with Gasteiger partial charge < -0.3 is 9.88 Å². The van der Waals surface area contributed by atoms with Gasteiger partial charge in [-0.3, -0.25) is 0 Å². The van der Waals surface area contributed by atoms with Gasteiger partial charge in [0.1, 0.15) is 11.0 Å². The molecule has 0 bridgehead atoms. The molecule has 1 fully saturated rings. The number of halogens is 1. The molecule has 1 aliphatic rings. The molecule has 1 N–H and O–H groups in total. The van der Waals surface area contributed by atoms with E-state index in [1.54, 1.807) is 6.20 Å². The van der Waals surface area contributed by atoms with E-state index in [1.165, 1.54) is 25.7 Å². The molecule has 0 spiro atoms. The highest BCUT2D eigenvalue weighted by Gasteiger charge is 2.20. The van der Waals surface area contributed by atoms with Gasteiger partial charge in [-0.2, -0.15) is 0 Å². The lowest BCUT2D eigenvalue weighted by molar-refractivity contribution is 0.277. The number of hydrogen-bond donors (Lipinski definition) is 1. The van der Waals surface area contributed by atoms with Gasteiger partial charge in [0.15, 0.2) is 0 Å². The number of hydrogen-bond acceptors (Lipinski definition) is 2. The van der Waals surface area contributed by atoms with Crippen LogP contribution in [-0.4, -0.2) is 15.6 Å². The molecule has 0 radical (unpaired) electrons. The van der Waals surface area contributed by atoms with Gasteiger partial charge in [-0.1, -0.05) is 31.4 Å². The summed E-state index contributed by atoms with van der Waals surface area (Å²) in [6, 6.07) is 0.643. The second kappa shape index (κ2) is 5.19. The first-order valence-electron chi connectivity index (χ1n) is 6.08. The molecule has 1 saturated carbocycles. The minimum Gasteiger partial charge on any atom is -0.321 e. The predicted octanol–water partition coefficient (Wildman–Crippen LogP) is 2.74. The van der Waals surface area contributed by atoms with Crippen LogP contribution in [0.4, 0.5) is 0 Å². The van der Waals surface area contributed by atoms with Gasteiger partial charge >= 0.3 is 0 Å². The van der Waals surface area contributed by atoms with E-state index in [-0.39, 0.29) is 0 Å². The first kappa shape index (κ1) is 11.9. The summed E-state index contributed by atoms with van der Waals surface area (Å²) in [5.74, 6) is 1.80. The Labute approximate surface area is 102 Å². The average Bonchev–Trinajstić information content (AvgIpc) is 2.59. The number of imidazole rings is 1. The summed E-state index contributed by atoms with van der Waals surface area (Å²) in [4.78, 5) is 4.29. The van der Waals surface area contributed by atoms with Crippen LogP contribution in [0.3, 0.4) is 0 Å². The van der Waals surface area contributed by atoms with Crippen LogP contribution in [0.5, 0.6) is 0 Å². The first-order chi connectivity index (χ1) is 7.68. The van der Waals surface area contributed by atoms with Crippen LogP contribution in [0.15, 0.2) is 6.20 Å². The van der Waals surface area contributed by atoms with Gasteiger partial charge in [0.2, 0.25) is 0 Å². The third-order valence-corrected chi connectivity index (χ3v) is 4.01. The van der Waals surface area contributed by atoms with E-state index in [1.807, 2.05) is 11.6 Å². The van der Waals surface area contributed by atoms with Crippen molar-refractivity contribution >= 4 is 11.6 Å². The summed E-state index contributed by atoms with van der Waals surface area (Å²) < 4.78 is 1.93.